The molecule has 1 atom stereocenters. The van der Waals surface area contributed by atoms with Gasteiger partial charge in [0.05, 0.1) is 0 Å². The highest BCUT2D eigenvalue weighted by molar-refractivity contribution is 5.28. The Morgan fingerprint density at radius 2 is 1.79 bits per heavy atom. The molecule has 3 aromatic rings. The molecular formula is C24H30N4O. The first-order chi connectivity index (χ1) is 14.3. The maximum Gasteiger partial charge on any atom is 0.146 e. The van der Waals surface area contributed by atoms with Gasteiger partial charge in [0.2, 0.25) is 0 Å². The molecule has 0 bridgehead atoms. The zero-order valence-electron chi connectivity index (χ0n) is 17.1. The molecule has 0 saturated carbocycles. The van der Waals surface area contributed by atoms with Gasteiger partial charge in [-0.25, -0.2) is 4.98 Å². The molecule has 2 aromatic carbocycles. The monoisotopic (exact) mass is 390 g/mol. The minimum absolute atomic E-state index is 0.341. The molecule has 29 heavy (non-hydrogen) atoms. The maximum absolute atomic E-state index is 5.86. The molecule has 1 saturated heterocycles. The summed E-state index contributed by atoms with van der Waals surface area (Å²) in [6.07, 6.45) is 6.36. The first kappa shape index (κ1) is 19.7. The molecule has 0 aliphatic carbocycles. The number of aryl methyl sites for hydroxylation is 1. The zero-order valence-corrected chi connectivity index (χ0v) is 17.1. The molecule has 1 fully saturated rings. The van der Waals surface area contributed by atoms with Gasteiger partial charge < -0.3 is 19.5 Å². The predicted molar refractivity (Wildman–Crippen MR) is 116 cm³/mol. The lowest BCUT2D eigenvalue weighted by Crippen LogP contribution is -2.33. The van der Waals surface area contributed by atoms with Crippen molar-refractivity contribution in [1.29, 1.82) is 0 Å². The molecular weight excluding hydrogens is 360 g/mol. The van der Waals surface area contributed by atoms with Crippen molar-refractivity contribution in [2.24, 2.45) is 7.05 Å². The van der Waals surface area contributed by atoms with Crippen LogP contribution in [0.25, 0.3) is 0 Å². The highest BCUT2D eigenvalue weighted by Crippen LogP contribution is 2.19. The average molecular weight is 391 g/mol. The molecule has 152 valence electrons. The molecule has 0 amide bonds. The summed E-state index contributed by atoms with van der Waals surface area (Å²) in [5, 5.41) is 3.76. The number of likely N-dealkylation sites (tertiary alicyclic amines) is 1. The van der Waals surface area contributed by atoms with E-state index in [0.29, 0.717) is 12.6 Å². The molecule has 0 radical (unpaired) electrons. The predicted octanol–water partition coefficient (Wildman–Crippen LogP) is 3.93. The summed E-state index contributed by atoms with van der Waals surface area (Å²) >= 11 is 0. The Bertz CT molecular complexity index is 869. The van der Waals surface area contributed by atoms with Crippen molar-refractivity contribution in [3.63, 3.8) is 0 Å². The summed E-state index contributed by atoms with van der Waals surface area (Å²) in [5.41, 5.74) is 2.62. The van der Waals surface area contributed by atoms with E-state index in [4.69, 9.17) is 4.74 Å². The molecule has 0 unspecified atom stereocenters. The van der Waals surface area contributed by atoms with E-state index in [-0.39, 0.29) is 0 Å². The van der Waals surface area contributed by atoms with E-state index in [1.165, 1.54) is 37.1 Å². The van der Waals surface area contributed by atoms with E-state index < -0.39 is 0 Å². The summed E-state index contributed by atoms with van der Waals surface area (Å²) in [5.74, 6) is 1.79. The number of benzene rings is 2. The maximum atomic E-state index is 5.86. The number of nitrogens with zero attached hydrogens (tertiary/aromatic N) is 3. The molecule has 0 spiro atoms. The Labute approximate surface area is 173 Å². The third-order valence-corrected chi connectivity index (χ3v) is 5.61. The van der Waals surface area contributed by atoms with Crippen LogP contribution in [0.4, 0.5) is 0 Å². The van der Waals surface area contributed by atoms with Crippen molar-refractivity contribution in [2.75, 3.05) is 19.6 Å². The zero-order chi connectivity index (χ0) is 19.9. The van der Waals surface area contributed by atoms with Gasteiger partial charge in [0.1, 0.15) is 18.2 Å². The van der Waals surface area contributed by atoms with Gasteiger partial charge in [-0.2, -0.15) is 0 Å². The third-order valence-electron chi connectivity index (χ3n) is 5.61. The van der Waals surface area contributed by atoms with E-state index in [1.807, 2.05) is 29.9 Å². The average Bonchev–Trinajstić information content (AvgIpc) is 3.42. The fraction of sp³-hybridized carbons (Fsp3) is 0.375. The summed E-state index contributed by atoms with van der Waals surface area (Å²) < 4.78 is 7.83. The van der Waals surface area contributed by atoms with E-state index >= 15 is 0 Å². The Hall–Kier alpha value is -2.63. The van der Waals surface area contributed by atoms with E-state index in [9.17, 15) is 0 Å². The number of nitrogens with one attached hydrogen (secondary N) is 1. The standard InChI is InChI=1S/C24H30N4O/c1-27-16-13-25-24(27)19-29-22-11-9-20(10-12-22)17-26-23(18-28-14-5-6-15-28)21-7-3-2-4-8-21/h2-4,7-13,16,23,26H,5-6,14-15,17-19H2,1H3/t23-/m1/s1. The lowest BCUT2D eigenvalue weighted by Gasteiger charge is -2.25. The Kier molecular flexibility index (Phi) is 6.60. The van der Waals surface area contributed by atoms with Crippen molar-refractivity contribution >= 4 is 0 Å². The van der Waals surface area contributed by atoms with Crippen LogP contribution in [0.2, 0.25) is 0 Å². The van der Waals surface area contributed by atoms with Crippen LogP contribution in [0.5, 0.6) is 5.75 Å². The molecule has 1 aliphatic heterocycles. The molecule has 1 aromatic heterocycles. The van der Waals surface area contributed by atoms with Crippen LogP contribution in [0.3, 0.4) is 0 Å². The fourth-order valence-electron chi connectivity index (χ4n) is 3.82. The smallest absolute Gasteiger partial charge is 0.146 e. The van der Waals surface area contributed by atoms with Gasteiger partial charge >= 0.3 is 0 Å². The number of imidazole rings is 1. The quantitative estimate of drug-likeness (QED) is 0.601. The van der Waals surface area contributed by atoms with Crippen molar-refractivity contribution in [3.8, 4) is 5.75 Å². The number of hydrogen-bond acceptors (Lipinski definition) is 4. The number of rotatable bonds is 9. The van der Waals surface area contributed by atoms with Crippen molar-refractivity contribution in [1.82, 2.24) is 19.8 Å². The van der Waals surface area contributed by atoms with Gasteiger partial charge in [-0.1, -0.05) is 42.5 Å². The minimum atomic E-state index is 0.341. The Morgan fingerprint density at radius 1 is 1.03 bits per heavy atom. The van der Waals surface area contributed by atoms with Gasteiger partial charge in [-0.3, -0.25) is 0 Å². The molecule has 5 heteroatoms. The molecule has 1 aliphatic rings. The molecule has 4 rings (SSSR count). The lowest BCUT2D eigenvalue weighted by atomic mass is 10.1. The van der Waals surface area contributed by atoms with E-state index in [2.05, 4.69) is 57.7 Å². The van der Waals surface area contributed by atoms with Gasteiger partial charge in [-0.15, -0.1) is 0 Å². The minimum Gasteiger partial charge on any atom is -0.486 e. The van der Waals surface area contributed by atoms with Crippen LogP contribution in [-0.2, 0) is 20.2 Å². The summed E-state index contributed by atoms with van der Waals surface area (Å²) in [6.45, 7) is 4.81. The van der Waals surface area contributed by atoms with E-state index in [1.54, 1.807) is 6.20 Å². The molecule has 5 nitrogen and oxygen atoms in total. The SMILES string of the molecule is Cn1ccnc1COc1ccc(CN[C@H](CN2CCCC2)c2ccccc2)cc1. The van der Waals surface area contributed by atoms with Gasteiger partial charge in [0.15, 0.2) is 0 Å². The fourth-order valence-corrected chi connectivity index (χ4v) is 3.82. The number of ether oxygens (including phenoxy) is 1. The Morgan fingerprint density at radius 3 is 2.48 bits per heavy atom. The van der Waals surface area contributed by atoms with Crippen LogP contribution in [0.15, 0.2) is 67.0 Å². The van der Waals surface area contributed by atoms with Crippen LogP contribution >= 0.6 is 0 Å². The molecule has 2 heterocycles. The van der Waals surface area contributed by atoms with Crippen LogP contribution in [-0.4, -0.2) is 34.1 Å². The summed E-state index contributed by atoms with van der Waals surface area (Å²) in [4.78, 5) is 6.86. The van der Waals surface area contributed by atoms with Gasteiger partial charge in [0, 0.05) is 38.6 Å². The van der Waals surface area contributed by atoms with Crippen molar-refractivity contribution in [2.45, 2.75) is 32.0 Å². The van der Waals surface area contributed by atoms with E-state index in [0.717, 1.165) is 24.7 Å². The largest absolute Gasteiger partial charge is 0.486 e. The first-order valence-corrected chi connectivity index (χ1v) is 10.5. The van der Waals surface area contributed by atoms with Crippen molar-refractivity contribution in [3.05, 3.63) is 83.9 Å². The second kappa shape index (κ2) is 9.72. The van der Waals surface area contributed by atoms with Gasteiger partial charge in [-0.05, 0) is 49.2 Å². The number of hydrogen-bond donors (Lipinski definition) is 1. The first-order valence-electron chi connectivity index (χ1n) is 10.5. The van der Waals surface area contributed by atoms with Crippen LogP contribution < -0.4 is 10.1 Å². The van der Waals surface area contributed by atoms with Crippen molar-refractivity contribution < 1.29 is 4.74 Å². The second-order valence-corrected chi connectivity index (χ2v) is 7.74. The second-order valence-electron chi connectivity index (χ2n) is 7.74. The third kappa shape index (κ3) is 5.46. The lowest BCUT2D eigenvalue weighted by molar-refractivity contribution is 0.290. The Balaban J connectivity index is 1.33. The number of aromatic nitrogens is 2. The summed E-state index contributed by atoms with van der Waals surface area (Å²) in [6, 6.07) is 19.5. The normalized spacial score (nSPS) is 15.5. The highest BCUT2D eigenvalue weighted by Gasteiger charge is 2.18. The summed E-state index contributed by atoms with van der Waals surface area (Å²) in [7, 11) is 1.98. The topological polar surface area (TPSA) is 42.3 Å². The van der Waals surface area contributed by atoms with Crippen LogP contribution in [0.1, 0.15) is 35.8 Å². The molecule has 1 N–H and O–H groups in total. The highest BCUT2D eigenvalue weighted by atomic mass is 16.5. The van der Waals surface area contributed by atoms with Crippen LogP contribution in [0, 0.1) is 0 Å². The van der Waals surface area contributed by atoms with Gasteiger partial charge in [0.25, 0.3) is 0 Å².